The van der Waals surface area contributed by atoms with E-state index in [1.54, 1.807) is 20.8 Å². The number of aromatic nitrogens is 2. The number of aliphatic hydroxyl groups is 1. The van der Waals surface area contributed by atoms with Gasteiger partial charge >= 0.3 is 11.9 Å². The minimum Gasteiger partial charge on any atom is -0.479 e. The number of carbonyl (C=O) groups is 2. The Bertz CT molecular complexity index is 1070. The first-order valence-corrected chi connectivity index (χ1v) is 10.7. The van der Waals surface area contributed by atoms with Crippen molar-refractivity contribution in [2.24, 2.45) is 0 Å². The molecule has 0 unspecified atom stereocenters. The van der Waals surface area contributed by atoms with Crippen LogP contribution in [0.1, 0.15) is 45.9 Å². The van der Waals surface area contributed by atoms with Crippen molar-refractivity contribution < 1.29 is 29.3 Å². The van der Waals surface area contributed by atoms with Gasteiger partial charge in [0.1, 0.15) is 0 Å². The van der Waals surface area contributed by atoms with E-state index in [1.165, 1.54) is 13.8 Å². The third kappa shape index (κ3) is 7.40. The van der Waals surface area contributed by atoms with Crippen LogP contribution in [0.5, 0.6) is 0 Å². The number of hydrogen-bond acceptors (Lipinski definition) is 6. The lowest BCUT2D eigenvalue weighted by molar-refractivity contribution is -0.163. The van der Waals surface area contributed by atoms with Crippen LogP contribution < -0.4 is 0 Å². The topological polar surface area (TPSA) is 111 Å². The highest BCUT2D eigenvalue weighted by Gasteiger charge is 2.28. The van der Waals surface area contributed by atoms with E-state index in [9.17, 15) is 14.7 Å². The molecular weight excluding hydrogens is 424 g/mol. The molecule has 0 aliphatic heterocycles. The molecule has 0 saturated carbocycles. The molecule has 8 heteroatoms. The van der Waals surface area contributed by atoms with Gasteiger partial charge < -0.3 is 19.7 Å². The maximum Gasteiger partial charge on any atom is 0.337 e. The van der Waals surface area contributed by atoms with E-state index >= 15 is 0 Å². The van der Waals surface area contributed by atoms with Crippen molar-refractivity contribution in [2.75, 3.05) is 6.61 Å². The van der Waals surface area contributed by atoms with E-state index in [-0.39, 0.29) is 6.61 Å². The number of esters is 1. The molecule has 3 rings (SSSR count). The fraction of sp³-hybridized carbons (Fsp3) is 0.400. The molecule has 0 amide bonds. The van der Waals surface area contributed by atoms with Crippen molar-refractivity contribution in [3.63, 3.8) is 0 Å². The number of hydrogen-bond donors (Lipinski definition) is 2. The number of benzene rings is 2. The molecule has 0 saturated heterocycles. The monoisotopic (exact) mass is 456 g/mol. The van der Waals surface area contributed by atoms with Gasteiger partial charge in [-0.2, -0.15) is 5.10 Å². The lowest BCUT2D eigenvalue weighted by Crippen LogP contribution is -2.34. The second kappa shape index (κ2) is 11.1. The van der Waals surface area contributed by atoms with Crippen molar-refractivity contribution >= 4 is 22.8 Å². The highest BCUT2D eigenvalue weighted by Crippen LogP contribution is 2.22. The summed E-state index contributed by atoms with van der Waals surface area (Å²) in [5.74, 6) is -1.57. The Labute approximate surface area is 193 Å². The minimum atomic E-state index is -1.35. The second-order valence-corrected chi connectivity index (χ2v) is 8.49. The number of carboxylic acids is 1. The smallest absolute Gasteiger partial charge is 0.337 e. The molecule has 8 nitrogen and oxygen atoms in total. The molecule has 0 bridgehead atoms. The van der Waals surface area contributed by atoms with Crippen LogP contribution in [0.25, 0.3) is 10.9 Å². The summed E-state index contributed by atoms with van der Waals surface area (Å²) in [6.45, 7) is 8.69. The van der Waals surface area contributed by atoms with Crippen molar-refractivity contribution in [3.05, 3.63) is 65.9 Å². The molecule has 3 aromatic rings. The Hall–Kier alpha value is -3.23. The Morgan fingerprint density at radius 2 is 1.61 bits per heavy atom. The predicted molar refractivity (Wildman–Crippen MR) is 125 cm³/mol. The molecule has 0 aliphatic carbocycles. The van der Waals surface area contributed by atoms with Gasteiger partial charge in [0.25, 0.3) is 0 Å². The van der Waals surface area contributed by atoms with Crippen LogP contribution >= 0.6 is 0 Å². The van der Waals surface area contributed by atoms with Crippen molar-refractivity contribution in [1.82, 2.24) is 9.78 Å². The van der Waals surface area contributed by atoms with Crippen LogP contribution in [0.15, 0.2) is 54.6 Å². The van der Waals surface area contributed by atoms with Gasteiger partial charge in [-0.1, -0.05) is 48.5 Å². The SMILES string of the molecule is CC(C)(OCc1nn(Cc2ccccc2)c2ccccc12)C(=O)O.CCOC(=O)C(C)(C)O. The van der Waals surface area contributed by atoms with Gasteiger partial charge in [0.2, 0.25) is 0 Å². The standard InChI is InChI=1S/C19H20N2O3.C6H12O3/c1-19(2,18(22)23)24-13-16-15-10-6-7-11-17(15)21(20-16)12-14-8-4-3-5-9-14;1-4-9-5(7)6(2,3)8/h3-11H,12-13H2,1-2H3,(H,22,23);8H,4H2,1-3H3. The zero-order chi connectivity index (χ0) is 24.6. The number of carbonyl (C=O) groups excluding carboxylic acids is 1. The lowest BCUT2D eigenvalue weighted by atomic mass is 10.1. The molecule has 0 radical (unpaired) electrons. The molecule has 2 aromatic carbocycles. The quantitative estimate of drug-likeness (QED) is 0.496. The van der Waals surface area contributed by atoms with E-state index in [1.807, 2.05) is 47.1 Å². The van der Waals surface area contributed by atoms with Gasteiger partial charge in [-0.25, -0.2) is 9.59 Å². The van der Waals surface area contributed by atoms with Gasteiger partial charge in [-0.15, -0.1) is 0 Å². The molecule has 1 heterocycles. The summed E-state index contributed by atoms with van der Waals surface area (Å²) < 4.78 is 12.0. The van der Waals surface area contributed by atoms with E-state index in [2.05, 4.69) is 22.0 Å². The van der Waals surface area contributed by atoms with E-state index < -0.39 is 23.1 Å². The highest BCUT2D eigenvalue weighted by molar-refractivity contribution is 5.82. The zero-order valence-electron chi connectivity index (χ0n) is 19.7. The van der Waals surface area contributed by atoms with Gasteiger partial charge in [-0.05, 0) is 46.2 Å². The Kier molecular flexibility index (Phi) is 8.73. The maximum absolute atomic E-state index is 11.2. The van der Waals surface area contributed by atoms with E-state index in [4.69, 9.17) is 9.84 Å². The molecular formula is C25H32N2O6. The number of aliphatic carboxylic acids is 1. The largest absolute Gasteiger partial charge is 0.479 e. The number of carboxylic acid groups (broad SMARTS) is 1. The average molecular weight is 457 g/mol. The normalized spacial score (nSPS) is 11.6. The first-order chi connectivity index (χ1) is 15.5. The first kappa shape index (κ1) is 26.0. The zero-order valence-corrected chi connectivity index (χ0v) is 19.7. The minimum absolute atomic E-state index is 0.154. The Morgan fingerprint density at radius 3 is 2.15 bits per heavy atom. The summed E-state index contributed by atoms with van der Waals surface area (Å²) in [6, 6.07) is 18.0. The molecule has 1 aromatic heterocycles. The van der Waals surface area contributed by atoms with E-state index in [0.29, 0.717) is 13.2 Å². The van der Waals surface area contributed by atoms with Crippen LogP contribution in [0.4, 0.5) is 0 Å². The van der Waals surface area contributed by atoms with Crippen LogP contribution in [-0.2, 0) is 32.2 Å². The fourth-order valence-corrected chi connectivity index (χ4v) is 2.80. The maximum atomic E-state index is 11.2. The van der Waals surface area contributed by atoms with Crippen molar-refractivity contribution in [1.29, 1.82) is 0 Å². The average Bonchev–Trinajstić information content (AvgIpc) is 3.11. The Balaban J connectivity index is 0.000000365. The van der Waals surface area contributed by atoms with Gasteiger partial charge in [0, 0.05) is 5.39 Å². The molecule has 0 atom stereocenters. The van der Waals surface area contributed by atoms with Crippen LogP contribution in [0, 0.1) is 0 Å². The third-order valence-electron chi connectivity index (χ3n) is 4.77. The summed E-state index contributed by atoms with van der Waals surface area (Å²) in [7, 11) is 0. The Morgan fingerprint density at radius 1 is 1.00 bits per heavy atom. The predicted octanol–water partition coefficient (Wildman–Crippen LogP) is 3.78. The number of ether oxygens (including phenoxy) is 2. The van der Waals surface area contributed by atoms with E-state index in [0.717, 1.165) is 22.2 Å². The van der Waals surface area contributed by atoms with Gasteiger partial charge in [0.05, 0.1) is 31.0 Å². The van der Waals surface area contributed by atoms with Crippen LogP contribution in [-0.4, -0.2) is 49.7 Å². The highest BCUT2D eigenvalue weighted by atomic mass is 16.5. The van der Waals surface area contributed by atoms with Gasteiger partial charge in [-0.3, -0.25) is 4.68 Å². The first-order valence-electron chi connectivity index (χ1n) is 10.7. The van der Waals surface area contributed by atoms with Gasteiger partial charge in [0.15, 0.2) is 11.2 Å². The molecule has 33 heavy (non-hydrogen) atoms. The van der Waals surface area contributed by atoms with Crippen LogP contribution in [0.3, 0.4) is 0 Å². The number of nitrogens with zero attached hydrogens (tertiary/aromatic N) is 2. The lowest BCUT2D eigenvalue weighted by Gasteiger charge is -2.19. The summed E-state index contributed by atoms with van der Waals surface area (Å²) in [5.41, 5.74) is 0.313. The number of para-hydroxylation sites is 1. The van der Waals surface area contributed by atoms with Crippen molar-refractivity contribution in [3.8, 4) is 0 Å². The van der Waals surface area contributed by atoms with Crippen LogP contribution in [0.2, 0.25) is 0 Å². The molecule has 0 fully saturated rings. The fourth-order valence-electron chi connectivity index (χ4n) is 2.80. The van der Waals surface area contributed by atoms with Crippen molar-refractivity contribution in [2.45, 2.75) is 59.0 Å². The number of rotatable bonds is 8. The summed E-state index contributed by atoms with van der Waals surface area (Å²) >= 11 is 0. The summed E-state index contributed by atoms with van der Waals surface area (Å²) in [4.78, 5) is 21.8. The second-order valence-electron chi connectivity index (χ2n) is 8.49. The summed E-state index contributed by atoms with van der Waals surface area (Å²) in [6.07, 6.45) is 0. The third-order valence-corrected chi connectivity index (χ3v) is 4.77. The molecule has 0 aliphatic rings. The molecule has 178 valence electrons. The molecule has 0 spiro atoms. The number of fused-ring (bicyclic) bond motifs is 1. The molecule has 2 N–H and O–H groups in total. The summed E-state index contributed by atoms with van der Waals surface area (Å²) in [5, 5.41) is 23.8.